The van der Waals surface area contributed by atoms with Gasteiger partial charge in [-0.2, -0.15) is 0 Å². The van der Waals surface area contributed by atoms with Crippen LogP contribution >= 0.6 is 0 Å². The molecule has 0 aliphatic heterocycles. The highest BCUT2D eigenvalue weighted by Crippen LogP contribution is 2.20. The molecule has 2 unspecified atom stereocenters. The van der Waals surface area contributed by atoms with Crippen LogP contribution in [0.15, 0.2) is 24.3 Å². The molecular weight excluding hydrogens is 548 g/mol. The van der Waals surface area contributed by atoms with Crippen molar-refractivity contribution in [3.63, 3.8) is 0 Å². The van der Waals surface area contributed by atoms with Crippen LogP contribution in [-0.4, -0.2) is 45.2 Å². The monoisotopic (exact) mass is 621 g/mol. The van der Waals surface area contributed by atoms with Gasteiger partial charge >= 0.3 is 0 Å². The Morgan fingerprint density at radius 2 is 0.909 bits per heavy atom. The van der Waals surface area contributed by atoms with Crippen LogP contribution in [0.25, 0.3) is 0 Å². The first kappa shape index (κ1) is 42.7. The second-order valence-corrected chi connectivity index (χ2v) is 13.1. The molecule has 44 heavy (non-hydrogen) atoms. The molecule has 0 heterocycles. The zero-order chi connectivity index (χ0) is 32.6. The lowest BCUT2D eigenvalue weighted by molar-refractivity contribution is -0.165. The number of carbonyl (C=O) groups excluding carboxylic acids is 2. The SMILES string of the molecule is CCCCC/C=C\C/C=C\CCCCCCCC(=O)C(O)(CO)C(O)C(=O)CCCCCCCCCCCCCCCCC. The normalized spacial score (nSPS) is 14.0. The fourth-order valence-corrected chi connectivity index (χ4v) is 5.71. The van der Waals surface area contributed by atoms with E-state index in [9.17, 15) is 24.9 Å². The average molecular weight is 621 g/mol. The van der Waals surface area contributed by atoms with Gasteiger partial charge in [0.05, 0.1) is 6.61 Å². The second-order valence-electron chi connectivity index (χ2n) is 13.1. The molecule has 0 spiro atoms. The number of ketones is 2. The molecule has 0 amide bonds. The van der Waals surface area contributed by atoms with Crippen molar-refractivity contribution in [3.8, 4) is 0 Å². The third-order valence-corrected chi connectivity index (χ3v) is 8.86. The molecule has 0 saturated heterocycles. The summed E-state index contributed by atoms with van der Waals surface area (Å²) in [5.74, 6) is -1.19. The molecule has 5 heteroatoms. The number of allylic oxidation sites excluding steroid dienone is 4. The molecule has 0 aliphatic rings. The molecule has 0 radical (unpaired) electrons. The lowest BCUT2D eigenvalue weighted by atomic mass is 9.85. The Kier molecular flexibility index (Phi) is 30.7. The van der Waals surface area contributed by atoms with Crippen molar-refractivity contribution in [3.05, 3.63) is 24.3 Å². The van der Waals surface area contributed by atoms with Gasteiger partial charge in [-0.3, -0.25) is 9.59 Å². The Balaban J connectivity index is 3.88. The van der Waals surface area contributed by atoms with Crippen LogP contribution in [0.2, 0.25) is 0 Å². The average Bonchev–Trinajstić information content (AvgIpc) is 3.03. The van der Waals surface area contributed by atoms with Crippen molar-refractivity contribution in [2.45, 2.75) is 205 Å². The standard InChI is InChI=1S/C39H72O5/c1-3-5-7-9-11-13-15-17-19-21-23-25-27-29-31-33-36(41)38(43)39(44,35-40)37(42)34-32-30-28-26-24-22-20-18-16-14-12-10-8-6-4-2/h12,14,18,20,38,40,43-44H,3-11,13,15-17,19,21-35H2,1-2H3/b14-12-,20-18-. The molecule has 5 nitrogen and oxygen atoms in total. The van der Waals surface area contributed by atoms with E-state index < -0.39 is 29.9 Å². The molecule has 258 valence electrons. The Morgan fingerprint density at radius 1 is 0.545 bits per heavy atom. The van der Waals surface area contributed by atoms with Gasteiger partial charge in [-0.05, 0) is 44.9 Å². The predicted molar refractivity (Wildman–Crippen MR) is 187 cm³/mol. The minimum absolute atomic E-state index is 0.0604. The van der Waals surface area contributed by atoms with E-state index in [2.05, 4.69) is 38.2 Å². The number of aliphatic hydroxyl groups excluding tert-OH is 2. The van der Waals surface area contributed by atoms with E-state index in [1.54, 1.807) is 0 Å². The van der Waals surface area contributed by atoms with Crippen molar-refractivity contribution < 1.29 is 24.9 Å². The maximum absolute atomic E-state index is 12.7. The number of Topliss-reactive ketones (excluding diaryl/α,β-unsaturated/α-hetero) is 2. The molecular formula is C39H72O5. The fraction of sp³-hybridized carbons (Fsp3) is 0.846. The quantitative estimate of drug-likeness (QED) is 0.0491. The number of hydrogen-bond acceptors (Lipinski definition) is 5. The van der Waals surface area contributed by atoms with Crippen molar-refractivity contribution in [2.75, 3.05) is 6.61 Å². The summed E-state index contributed by atoms with van der Waals surface area (Å²) >= 11 is 0. The van der Waals surface area contributed by atoms with Gasteiger partial charge < -0.3 is 15.3 Å². The Morgan fingerprint density at radius 3 is 1.36 bits per heavy atom. The summed E-state index contributed by atoms with van der Waals surface area (Å²) in [6.07, 6.45) is 37.4. The van der Waals surface area contributed by atoms with Crippen LogP contribution in [0.5, 0.6) is 0 Å². The van der Waals surface area contributed by atoms with E-state index in [1.807, 2.05) is 0 Å². The molecule has 0 aromatic rings. The summed E-state index contributed by atoms with van der Waals surface area (Å²) < 4.78 is 0. The molecule has 0 aliphatic carbocycles. The number of unbranched alkanes of at least 4 members (excludes halogenated alkanes) is 22. The van der Waals surface area contributed by atoms with E-state index in [-0.39, 0.29) is 12.8 Å². The first-order valence-corrected chi connectivity index (χ1v) is 18.8. The van der Waals surface area contributed by atoms with E-state index in [4.69, 9.17) is 0 Å². The number of rotatable bonds is 34. The summed E-state index contributed by atoms with van der Waals surface area (Å²) in [6.45, 7) is 3.55. The maximum Gasteiger partial charge on any atom is 0.178 e. The molecule has 0 saturated carbocycles. The lowest BCUT2D eigenvalue weighted by Gasteiger charge is -2.29. The summed E-state index contributed by atoms with van der Waals surface area (Å²) in [5.41, 5.74) is -2.39. The molecule has 3 N–H and O–H groups in total. The van der Waals surface area contributed by atoms with E-state index in [1.165, 1.54) is 96.3 Å². The highest BCUT2D eigenvalue weighted by molar-refractivity contribution is 5.96. The van der Waals surface area contributed by atoms with Gasteiger partial charge in [-0.1, -0.05) is 160 Å². The largest absolute Gasteiger partial charge is 0.393 e. The highest BCUT2D eigenvalue weighted by Gasteiger charge is 2.45. The van der Waals surface area contributed by atoms with Gasteiger partial charge in [-0.15, -0.1) is 0 Å². The predicted octanol–water partition coefficient (Wildman–Crippen LogP) is 10.3. The van der Waals surface area contributed by atoms with Crippen molar-refractivity contribution in [1.29, 1.82) is 0 Å². The summed E-state index contributed by atoms with van der Waals surface area (Å²) in [4.78, 5) is 25.2. The third-order valence-electron chi connectivity index (χ3n) is 8.86. The molecule has 0 aromatic carbocycles. The number of carbonyl (C=O) groups is 2. The second kappa shape index (κ2) is 31.7. The number of aliphatic hydroxyl groups is 3. The molecule has 0 aromatic heterocycles. The molecule has 2 atom stereocenters. The Bertz CT molecular complexity index is 715. The minimum Gasteiger partial charge on any atom is -0.393 e. The zero-order valence-corrected chi connectivity index (χ0v) is 29.1. The molecule has 0 bridgehead atoms. The van der Waals surface area contributed by atoms with Gasteiger partial charge in [0.2, 0.25) is 0 Å². The fourth-order valence-electron chi connectivity index (χ4n) is 5.71. The van der Waals surface area contributed by atoms with Crippen LogP contribution in [0, 0.1) is 0 Å². The van der Waals surface area contributed by atoms with E-state index >= 15 is 0 Å². The topological polar surface area (TPSA) is 94.8 Å². The Labute approximate surface area is 272 Å². The number of hydrogen-bond donors (Lipinski definition) is 3. The van der Waals surface area contributed by atoms with Gasteiger partial charge in [0.25, 0.3) is 0 Å². The summed E-state index contributed by atoms with van der Waals surface area (Å²) in [5, 5.41) is 30.9. The van der Waals surface area contributed by atoms with Crippen LogP contribution in [0.4, 0.5) is 0 Å². The first-order chi connectivity index (χ1) is 21.4. The van der Waals surface area contributed by atoms with Crippen molar-refractivity contribution in [2.24, 2.45) is 0 Å². The van der Waals surface area contributed by atoms with Gasteiger partial charge in [0.15, 0.2) is 23.3 Å². The van der Waals surface area contributed by atoms with Crippen LogP contribution < -0.4 is 0 Å². The van der Waals surface area contributed by atoms with Crippen molar-refractivity contribution in [1.82, 2.24) is 0 Å². The third kappa shape index (κ3) is 24.0. The van der Waals surface area contributed by atoms with E-state index in [0.717, 1.165) is 57.8 Å². The minimum atomic E-state index is -2.39. The van der Waals surface area contributed by atoms with Gasteiger partial charge in [0, 0.05) is 12.8 Å². The van der Waals surface area contributed by atoms with E-state index in [0.29, 0.717) is 12.8 Å². The van der Waals surface area contributed by atoms with Crippen LogP contribution in [-0.2, 0) is 9.59 Å². The lowest BCUT2D eigenvalue weighted by Crippen LogP contribution is -2.55. The maximum atomic E-state index is 12.7. The molecule has 0 fully saturated rings. The van der Waals surface area contributed by atoms with Crippen LogP contribution in [0.3, 0.4) is 0 Å². The first-order valence-electron chi connectivity index (χ1n) is 18.8. The summed E-state index contributed by atoms with van der Waals surface area (Å²) in [7, 11) is 0. The van der Waals surface area contributed by atoms with Gasteiger partial charge in [-0.25, -0.2) is 0 Å². The smallest absolute Gasteiger partial charge is 0.178 e. The zero-order valence-electron chi connectivity index (χ0n) is 29.1. The highest BCUT2D eigenvalue weighted by atomic mass is 16.4. The molecule has 0 rings (SSSR count). The van der Waals surface area contributed by atoms with Crippen LogP contribution in [0.1, 0.15) is 194 Å². The van der Waals surface area contributed by atoms with Gasteiger partial charge in [0.1, 0.15) is 0 Å². The van der Waals surface area contributed by atoms with Crippen molar-refractivity contribution >= 4 is 11.6 Å². The summed E-state index contributed by atoms with van der Waals surface area (Å²) in [6, 6.07) is 0. The Hall–Kier alpha value is -1.30.